The lowest BCUT2D eigenvalue weighted by Gasteiger charge is -2.17. The summed E-state index contributed by atoms with van der Waals surface area (Å²) in [5.74, 6) is 1.01. The van der Waals surface area contributed by atoms with Gasteiger partial charge in [-0.05, 0) is 29.8 Å². The minimum Gasteiger partial charge on any atom is -0.341 e. The molecular formula is C23H21N5OS. The number of rotatable bonds is 7. The molecule has 7 heteroatoms. The molecule has 150 valence electrons. The van der Waals surface area contributed by atoms with Crippen LogP contribution in [0.1, 0.15) is 5.56 Å². The molecule has 1 amide bonds. The van der Waals surface area contributed by atoms with Crippen LogP contribution in [0.2, 0.25) is 0 Å². The third-order valence-electron chi connectivity index (χ3n) is 4.58. The van der Waals surface area contributed by atoms with E-state index in [4.69, 9.17) is 0 Å². The van der Waals surface area contributed by atoms with Crippen molar-refractivity contribution < 1.29 is 4.79 Å². The van der Waals surface area contributed by atoms with Crippen molar-refractivity contribution in [2.24, 2.45) is 0 Å². The van der Waals surface area contributed by atoms with Crippen LogP contribution in [0, 0.1) is 0 Å². The minimum absolute atomic E-state index is 0.0365. The largest absolute Gasteiger partial charge is 0.341 e. The molecule has 0 bridgehead atoms. The first-order valence-electron chi connectivity index (χ1n) is 9.54. The number of thioether (sulfide) groups is 1. The Hall–Kier alpha value is -3.45. The number of carbonyl (C=O) groups is 1. The normalized spacial score (nSPS) is 10.7. The van der Waals surface area contributed by atoms with Crippen molar-refractivity contribution in [2.75, 3.05) is 12.8 Å². The first kappa shape index (κ1) is 19.8. The Labute approximate surface area is 179 Å². The summed E-state index contributed by atoms with van der Waals surface area (Å²) >= 11 is 1.38. The lowest BCUT2D eigenvalue weighted by Crippen LogP contribution is -2.27. The Morgan fingerprint density at radius 2 is 1.70 bits per heavy atom. The predicted molar refractivity (Wildman–Crippen MR) is 118 cm³/mol. The number of aromatic nitrogens is 4. The number of hydrogen-bond acceptors (Lipinski definition) is 5. The van der Waals surface area contributed by atoms with Crippen molar-refractivity contribution in [1.82, 2.24) is 24.6 Å². The Kier molecular flexibility index (Phi) is 6.20. The topological polar surface area (TPSA) is 63.9 Å². The number of pyridine rings is 1. The summed E-state index contributed by atoms with van der Waals surface area (Å²) in [6.45, 7) is 0.576. The number of amides is 1. The second kappa shape index (κ2) is 9.37. The van der Waals surface area contributed by atoms with Crippen LogP contribution in [0.4, 0.5) is 0 Å². The zero-order valence-corrected chi connectivity index (χ0v) is 17.4. The fourth-order valence-corrected chi connectivity index (χ4v) is 3.93. The smallest absolute Gasteiger partial charge is 0.233 e. The van der Waals surface area contributed by atoms with Gasteiger partial charge in [0, 0.05) is 37.2 Å². The Morgan fingerprint density at radius 1 is 0.967 bits per heavy atom. The summed E-state index contributed by atoms with van der Waals surface area (Å²) in [5, 5.41) is 9.41. The molecule has 2 aromatic carbocycles. The summed E-state index contributed by atoms with van der Waals surface area (Å²) < 4.78 is 1.96. The summed E-state index contributed by atoms with van der Waals surface area (Å²) in [6.07, 6.45) is 3.49. The van der Waals surface area contributed by atoms with Crippen LogP contribution >= 0.6 is 11.8 Å². The van der Waals surface area contributed by atoms with Gasteiger partial charge in [-0.1, -0.05) is 60.3 Å². The van der Waals surface area contributed by atoms with E-state index in [2.05, 4.69) is 15.2 Å². The average molecular weight is 416 g/mol. The molecule has 0 N–H and O–H groups in total. The second-order valence-corrected chi connectivity index (χ2v) is 7.69. The van der Waals surface area contributed by atoms with Gasteiger partial charge in [0.2, 0.25) is 5.91 Å². The van der Waals surface area contributed by atoms with Crippen molar-refractivity contribution in [3.63, 3.8) is 0 Å². The molecule has 0 radical (unpaired) electrons. The molecule has 6 nitrogen and oxygen atoms in total. The van der Waals surface area contributed by atoms with Crippen molar-refractivity contribution in [3.8, 4) is 17.1 Å². The number of nitrogens with zero attached hydrogens (tertiary/aromatic N) is 5. The van der Waals surface area contributed by atoms with Crippen LogP contribution in [0.15, 0.2) is 90.3 Å². The third kappa shape index (κ3) is 4.58. The van der Waals surface area contributed by atoms with Gasteiger partial charge in [0.25, 0.3) is 0 Å². The number of hydrogen-bond donors (Lipinski definition) is 0. The molecule has 0 aliphatic heterocycles. The predicted octanol–water partition coefficient (Wildman–Crippen LogP) is 4.08. The van der Waals surface area contributed by atoms with Crippen LogP contribution in [0.25, 0.3) is 17.1 Å². The monoisotopic (exact) mass is 415 g/mol. The van der Waals surface area contributed by atoms with Gasteiger partial charge < -0.3 is 4.90 Å². The van der Waals surface area contributed by atoms with Crippen LogP contribution < -0.4 is 0 Å². The van der Waals surface area contributed by atoms with Gasteiger partial charge in [0.15, 0.2) is 11.0 Å². The lowest BCUT2D eigenvalue weighted by atomic mass is 10.2. The first-order valence-corrected chi connectivity index (χ1v) is 10.5. The standard InChI is InChI=1S/C23H21N5OS/c1-27(16-18-9-4-2-5-10-18)21(29)17-30-23-26-25-22(19-11-8-14-24-15-19)28(23)20-12-6-3-7-13-20/h2-15H,16-17H2,1H3. The molecular weight excluding hydrogens is 394 g/mol. The van der Waals surface area contributed by atoms with Crippen LogP contribution in [0.5, 0.6) is 0 Å². The molecule has 0 atom stereocenters. The van der Waals surface area contributed by atoms with E-state index >= 15 is 0 Å². The molecule has 0 unspecified atom stereocenters. The first-order chi connectivity index (χ1) is 14.7. The number of para-hydroxylation sites is 1. The Balaban J connectivity index is 1.54. The van der Waals surface area contributed by atoms with Gasteiger partial charge >= 0.3 is 0 Å². The summed E-state index contributed by atoms with van der Waals surface area (Å²) in [7, 11) is 1.82. The highest BCUT2D eigenvalue weighted by molar-refractivity contribution is 7.99. The summed E-state index contributed by atoms with van der Waals surface area (Å²) in [6, 6.07) is 23.7. The summed E-state index contributed by atoms with van der Waals surface area (Å²) in [5.41, 5.74) is 2.91. The maximum atomic E-state index is 12.7. The van der Waals surface area contributed by atoms with Gasteiger partial charge in [-0.2, -0.15) is 0 Å². The number of carbonyl (C=O) groups excluding carboxylic acids is 1. The van der Waals surface area contributed by atoms with E-state index < -0.39 is 0 Å². The van der Waals surface area contributed by atoms with Gasteiger partial charge in [-0.15, -0.1) is 10.2 Å². The van der Waals surface area contributed by atoms with Crippen molar-refractivity contribution in [1.29, 1.82) is 0 Å². The van der Waals surface area contributed by atoms with Gasteiger partial charge in [-0.25, -0.2) is 0 Å². The highest BCUT2D eigenvalue weighted by atomic mass is 32.2. The maximum Gasteiger partial charge on any atom is 0.233 e. The van der Waals surface area contributed by atoms with E-state index in [1.807, 2.05) is 84.4 Å². The molecule has 0 fully saturated rings. The van der Waals surface area contributed by atoms with Gasteiger partial charge in [0.1, 0.15) is 0 Å². The SMILES string of the molecule is CN(Cc1ccccc1)C(=O)CSc1nnc(-c2cccnc2)n1-c1ccccc1. The van der Waals surface area contributed by atoms with Crippen molar-refractivity contribution >= 4 is 17.7 Å². The molecule has 0 saturated heterocycles. The van der Waals surface area contributed by atoms with Crippen LogP contribution in [-0.2, 0) is 11.3 Å². The van der Waals surface area contributed by atoms with Gasteiger partial charge in [0.05, 0.1) is 5.75 Å². The van der Waals surface area contributed by atoms with Gasteiger partial charge in [-0.3, -0.25) is 14.3 Å². The molecule has 0 spiro atoms. The molecule has 4 rings (SSSR count). The van der Waals surface area contributed by atoms with E-state index in [9.17, 15) is 4.79 Å². The van der Waals surface area contributed by atoms with Crippen molar-refractivity contribution in [3.05, 3.63) is 90.8 Å². The average Bonchev–Trinajstić information content (AvgIpc) is 3.23. The number of benzene rings is 2. The molecule has 0 saturated carbocycles. The Morgan fingerprint density at radius 3 is 2.40 bits per heavy atom. The fourth-order valence-electron chi connectivity index (χ4n) is 3.04. The fraction of sp³-hybridized carbons (Fsp3) is 0.130. The highest BCUT2D eigenvalue weighted by Crippen LogP contribution is 2.27. The maximum absolute atomic E-state index is 12.7. The molecule has 2 heterocycles. The summed E-state index contributed by atoms with van der Waals surface area (Å²) in [4.78, 5) is 18.6. The molecule has 2 aromatic heterocycles. The van der Waals surface area contributed by atoms with E-state index in [-0.39, 0.29) is 11.7 Å². The Bertz CT molecular complexity index is 1100. The molecule has 0 aliphatic rings. The van der Waals surface area contributed by atoms with E-state index in [1.54, 1.807) is 17.3 Å². The van der Waals surface area contributed by atoms with E-state index in [0.717, 1.165) is 16.8 Å². The van der Waals surface area contributed by atoms with E-state index in [0.29, 0.717) is 17.5 Å². The zero-order valence-electron chi connectivity index (χ0n) is 16.5. The van der Waals surface area contributed by atoms with E-state index in [1.165, 1.54) is 11.8 Å². The quantitative estimate of drug-likeness (QED) is 0.426. The molecule has 30 heavy (non-hydrogen) atoms. The lowest BCUT2D eigenvalue weighted by molar-refractivity contribution is -0.127. The minimum atomic E-state index is 0.0365. The second-order valence-electron chi connectivity index (χ2n) is 6.74. The molecule has 4 aromatic rings. The van der Waals surface area contributed by atoms with Crippen LogP contribution in [0.3, 0.4) is 0 Å². The molecule has 0 aliphatic carbocycles. The highest BCUT2D eigenvalue weighted by Gasteiger charge is 2.18. The third-order valence-corrected chi connectivity index (χ3v) is 5.49. The van der Waals surface area contributed by atoms with Crippen LogP contribution in [-0.4, -0.2) is 43.4 Å². The zero-order chi connectivity index (χ0) is 20.8. The van der Waals surface area contributed by atoms with Crippen molar-refractivity contribution in [2.45, 2.75) is 11.7 Å².